The van der Waals surface area contributed by atoms with Crippen molar-refractivity contribution in [3.05, 3.63) is 130 Å². The Morgan fingerprint density at radius 2 is 1.05 bits per heavy atom. The molecule has 2 fully saturated rings. The van der Waals surface area contributed by atoms with Crippen LogP contribution >= 0.6 is 0 Å². The number of hydrogen-bond donors (Lipinski definition) is 0. The first-order valence-corrected chi connectivity index (χ1v) is 21.7. The molecule has 0 unspecified atom stereocenters. The molecule has 2 aromatic heterocycles. The first-order chi connectivity index (χ1) is 28.5. The number of carbonyl (C=O) groups is 2. The molecule has 304 valence electrons. The summed E-state index contributed by atoms with van der Waals surface area (Å²) in [5.41, 5.74) is 10.6. The predicted molar refractivity (Wildman–Crippen MR) is 236 cm³/mol. The maximum Gasteiger partial charge on any atom is 1.00 e. The molecule has 12 rings (SSSR count). The fourth-order valence-electron chi connectivity index (χ4n) is 10.2. The summed E-state index contributed by atoms with van der Waals surface area (Å²) < 4.78 is 4.76. The molecular formula is C48H56AlLiN8O2. The van der Waals surface area contributed by atoms with Crippen LogP contribution in [0.5, 0.6) is 0 Å². The Morgan fingerprint density at radius 3 is 1.58 bits per heavy atom. The van der Waals surface area contributed by atoms with Gasteiger partial charge < -0.3 is 10.6 Å². The monoisotopic (exact) mass is 810 g/mol. The molecule has 0 bridgehead atoms. The van der Waals surface area contributed by atoms with Crippen LogP contribution in [-0.4, -0.2) is 106 Å². The summed E-state index contributed by atoms with van der Waals surface area (Å²) in [6.45, 7) is 9.81. The molecule has 0 spiro atoms. The number of hydrogen-bond acceptors (Lipinski definition) is 7. The van der Waals surface area contributed by atoms with Gasteiger partial charge in [-0.3, -0.25) is 29.2 Å². The largest absolute Gasteiger partial charge is 1.00 e. The van der Waals surface area contributed by atoms with E-state index in [0.717, 1.165) is 93.2 Å². The van der Waals surface area contributed by atoms with E-state index in [4.69, 9.17) is 9.97 Å². The second-order valence-electron chi connectivity index (χ2n) is 17.4. The fourth-order valence-corrected chi connectivity index (χ4v) is 10.2. The van der Waals surface area contributed by atoms with Gasteiger partial charge in [0.25, 0.3) is 11.8 Å². The van der Waals surface area contributed by atoms with Crippen LogP contribution in [0.15, 0.2) is 84.9 Å². The Balaban J connectivity index is 0.000000161. The van der Waals surface area contributed by atoms with E-state index in [2.05, 4.69) is 66.3 Å². The van der Waals surface area contributed by atoms with Gasteiger partial charge in [-0.05, 0) is 72.2 Å². The van der Waals surface area contributed by atoms with Crippen molar-refractivity contribution in [2.75, 3.05) is 26.2 Å². The number of fused-ring (bicyclic) bond motifs is 8. The van der Waals surface area contributed by atoms with Gasteiger partial charge in [-0.2, -0.15) is 0 Å². The van der Waals surface area contributed by atoms with E-state index < -0.39 is 0 Å². The molecule has 4 aromatic carbocycles. The molecule has 12 heteroatoms. The van der Waals surface area contributed by atoms with Crippen molar-refractivity contribution in [1.82, 2.24) is 38.7 Å². The van der Waals surface area contributed by atoms with E-state index in [9.17, 15) is 9.59 Å². The predicted octanol–water partition coefficient (Wildman–Crippen LogP) is 3.14. The van der Waals surface area contributed by atoms with E-state index in [1.54, 1.807) is 0 Å². The number of imidazole rings is 2. The zero-order valence-electron chi connectivity index (χ0n) is 35.4. The summed E-state index contributed by atoms with van der Waals surface area (Å²) in [5.74, 6) is 1.93. The Morgan fingerprint density at radius 1 is 0.567 bits per heavy atom. The van der Waals surface area contributed by atoms with Gasteiger partial charge in [-0.15, -0.1) is 0 Å². The third-order valence-corrected chi connectivity index (χ3v) is 13.9. The number of benzene rings is 4. The second-order valence-corrected chi connectivity index (χ2v) is 17.4. The molecule has 10 nitrogen and oxygen atoms in total. The second kappa shape index (κ2) is 17.4. The summed E-state index contributed by atoms with van der Waals surface area (Å²) in [5, 5.41) is 0. The van der Waals surface area contributed by atoms with Crippen LogP contribution in [0.3, 0.4) is 0 Å². The minimum atomic E-state index is -0.222. The summed E-state index contributed by atoms with van der Waals surface area (Å²) >= 11 is 0. The fraction of sp³-hybridized carbons (Fsp3) is 0.417. The number of amides is 2. The summed E-state index contributed by atoms with van der Waals surface area (Å²) in [7, 11) is 0. The molecule has 6 aromatic rings. The Hall–Kier alpha value is -4.03. The van der Waals surface area contributed by atoms with Crippen LogP contribution in [0.4, 0.5) is 0 Å². The minimum Gasteiger partial charge on any atom is -1.00 e. The maximum absolute atomic E-state index is 13.1. The SMILES string of the molecule is O=C1c2cc3nc4n(c3cc2C(=O)N1Cc1ccccc1)CCN(C1CCC1)CC4.[AlH3].[H-].[Li+].c1ccc(CN2Cc3cc4nc5n(c4cc3C2)CCN(C2CCC2)CC5)cc1. The smallest absolute Gasteiger partial charge is 1.00 e. The van der Waals surface area contributed by atoms with E-state index in [1.165, 1.54) is 90.1 Å². The van der Waals surface area contributed by atoms with Gasteiger partial charge in [0.2, 0.25) is 0 Å². The quantitative estimate of drug-likeness (QED) is 0.189. The van der Waals surface area contributed by atoms with Crippen molar-refractivity contribution in [2.45, 2.75) is 103 Å². The molecule has 4 aliphatic heterocycles. The van der Waals surface area contributed by atoms with Gasteiger partial charge in [0.05, 0.1) is 39.7 Å². The molecule has 6 heterocycles. The molecular weight excluding hydrogens is 755 g/mol. The molecule has 2 aliphatic carbocycles. The third kappa shape index (κ3) is 7.73. The van der Waals surface area contributed by atoms with Gasteiger partial charge in [-0.25, -0.2) is 9.97 Å². The van der Waals surface area contributed by atoms with Crippen LogP contribution in [0, 0.1) is 0 Å². The Kier molecular flexibility index (Phi) is 12.0. The van der Waals surface area contributed by atoms with Gasteiger partial charge in [-0.1, -0.05) is 73.5 Å². The average molecular weight is 811 g/mol. The van der Waals surface area contributed by atoms with E-state index in [0.29, 0.717) is 17.7 Å². The summed E-state index contributed by atoms with van der Waals surface area (Å²) in [6.07, 6.45) is 10.2. The van der Waals surface area contributed by atoms with Gasteiger partial charge >= 0.3 is 18.9 Å². The van der Waals surface area contributed by atoms with Crippen molar-refractivity contribution in [3.63, 3.8) is 0 Å². The molecule has 60 heavy (non-hydrogen) atoms. The van der Waals surface area contributed by atoms with E-state index in [-0.39, 0.29) is 49.5 Å². The minimum absolute atomic E-state index is 0. The molecule has 0 radical (unpaired) electrons. The number of carbonyl (C=O) groups excluding carboxylic acids is 2. The Labute approximate surface area is 376 Å². The third-order valence-electron chi connectivity index (χ3n) is 13.9. The Bertz CT molecular complexity index is 2540. The average Bonchev–Trinajstić information content (AvgIpc) is 3.83. The van der Waals surface area contributed by atoms with Crippen molar-refractivity contribution < 1.29 is 29.9 Å². The number of aromatic nitrogens is 4. The molecule has 2 saturated carbocycles. The van der Waals surface area contributed by atoms with Crippen molar-refractivity contribution in [2.24, 2.45) is 0 Å². The molecule has 0 atom stereocenters. The van der Waals surface area contributed by atoms with E-state index in [1.807, 2.05) is 42.5 Å². The number of rotatable bonds is 6. The molecule has 0 N–H and O–H groups in total. The van der Waals surface area contributed by atoms with Crippen molar-refractivity contribution in [3.8, 4) is 0 Å². The molecule has 0 saturated heterocycles. The van der Waals surface area contributed by atoms with Crippen LogP contribution in [-0.2, 0) is 52.1 Å². The van der Waals surface area contributed by atoms with Crippen LogP contribution < -0.4 is 18.9 Å². The zero-order valence-corrected chi connectivity index (χ0v) is 34.4. The van der Waals surface area contributed by atoms with Crippen molar-refractivity contribution >= 4 is 51.2 Å². The van der Waals surface area contributed by atoms with Crippen molar-refractivity contribution in [1.29, 1.82) is 0 Å². The van der Waals surface area contributed by atoms with E-state index >= 15 is 0 Å². The first kappa shape index (κ1) is 41.3. The first-order valence-electron chi connectivity index (χ1n) is 21.7. The maximum atomic E-state index is 13.1. The molecule has 6 aliphatic rings. The van der Waals surface area contributed by atoms with Gasteiger partial charge in [0.15, 0.2) is 17.4 Å². The topological polar surface area (TPSA) is 82.7 Å². The summed E-state index contributed by atoms with van der Waals surface area (Å²) in [4.78, 5) is 45.1. The zero-order chi connectivity index (χ0) is 38.7. The number of nitrogens with zero attached hydrogens (tertiary/aromatic N) is 8. The standard InChI is InChI=1S/C24H24N4O2.C24H28N4.Al.Li.4H/c29-23-18-13-20-21(14-19(18)24(30)28(23)15-16-5-2-1-3-6-16)27-12-11-26(17-7-4-8-17)10-9-22(27)25-20;1-2-5-18(6-3-1)15-26-16-19-13-22-23(14-20(19)17-26)28-12-11-27(21-7-4-8-21)10-9-24(28)25-22;;;;;;/h1-3,5-6,13-14,17H,4,7-12,15H2;1-3,5-6,13-14,21H,4,7-12,15-17H2;;;;;;/q;;;+1;;;;-1. The summed E-state index contributed by atoms with van der Waals surface area (Å²) in [6, 6.07) is 30.5. The van der Waals surface area contributed by atoms with Crippen LogP contribution in [0.2, 0.25) is 0 Å². The number of imide groups is 1. The van der Waals surface area contributed by atoms with Crippen LogP contribution in [0.25, 0.3) is 22.1 Å². The van der Waals surface area contributed by atoms with Gasteiger partial charge in [0, 0.05) is 83.8 Å². The normalized spacial score (nSPS) is 19.5. The van der Waals surface area contributed by atoms with Gasteiger partial charge in [0.1, 0.15) is 11.6 Å². The van der Waals surface area contributed by atoms with Crippen LogP contribution in [0.1, 0.15) is 94.6 Å². The molecule has 2 amide bonds.